The second-order valence-electron chi connectivity index (χ2n) is 5.00. The molecule has 1 aromatic rings. The predicted molar refractivity (Wildman–Crippen MR) is 69.4 cm³/mol. The summed E-state index contributed by atoms with van der Waals surface area (Å²) in [6, 6.07) is 9.12. The Balaban J connectivity index is 1.99. The summed E-state index contributed by atoms with van der Waals surface area (Å²) in [4.78, 5) is 13.6. The van der Waals surface area contributed by atoms with Crippen LogP contribution in [0.15, 0.2) is 30.3 Å². The van der Waals surface area contributed by atoms with Crippen LogP contribution >= 0.6 is 0 Å². The van der Waals surface area contributed by atoms with E-state index in [-0.39, 0.29) is 19.3 Å². The van der Waals surface area contributed by atoms with Gasteiger partial charge >= 0.3 is 6.09 Å². The summed E-state index contributed by atoms with van der Waals surface area (Å²) in [6.07, 6.45) is -0.467. The van der Waals surface area contributed by atoms with Gasteiger partial charge in [0.25, 0.3) is 0 Å². The first kappa shape index (κ1) is 13.8. The summed E-state index contributed by atoms with van der Waals surface area (Å²) < 4.78 is 10.8. The van der Waals surface area contributed by atoms with Gasteiger partial charge in [-0.05, 0) is 19.4 Å². The number of aliphatic hydroxyl groups is 1. The van der Waals surface area contributed by atoms with Crippen LogP contribution < -0.4 is 0 Å². The van der Waals surface area contributed by atoms with Crippen molar-refractivity contribution < 1.29 is 19.4 Å². The first-order chi connectivity index (χ1) is 9.04. The van der Waals surface area contributed by atoms with Crippen LogP contribution in [0.1, 0.15) is 19.4 Å². The van der Waals surface area contributed by atoms with E-state index >= 15 is 0 Å². The minimum atomic E-state index is -0.749. The molecule has 1 saturated heterocycles. The third-order valence-electron chi connectivity index (χ3n) is 3.19. The first-order valence-corrected chi connectivity index (χ1v) is 6.29. The Morgan fingerprint density at radius 1 is 1.47 bits per heavy atom. The lowest BCUT2D eigenvalue weighted by Gasteiger charge is -2.32. The number of hydrogen-bond acceptors (Lipinski definition) is 4. The summed E-state index contributed by atoms with van der Waals surface area (Å²) in [7, 11) is 0. The molecule has 1 heterocycles. The molecule has 1 aromatic carbocycles. The average Bonchev–Trinajstić information content (AvgIpc) is 2.72. The molecule has 19 heavy (non-hydrogen) atoms. The molecule has 1 aliphatic rings. The van der Waals surface area contributed by atoms with Crippen molar-refractivity contribution in [2.45, 2.75) is 32.2 Å². The van der Waals surface area contributed by atoms with Gasteiger partial charge in [0.2, 0.25) is 0 Å². The van der Waals surface area contributed by atoms with Crippen molar-refractivity contribution in [3.8, 4) is 0 Å². The Kier molecular flexibility index (Phi) is 4.07. The number of carbonyl (C=O) groups excluding carboxylic acids is 1. The maximum atomic E-state index is 12.1. The third-order valence-corrected chi connectivity index (χ3v) is 3.19. The lowest BCUT2D eigenvalue weighted by molar-refractivity contribution is -0.0507. The predicted octanol–water partition coefficient (Wildman–Crippen LogP) is 1.75. The zero-order valence-electron chi connectivity index (χ0n) is 11.2. The molecular formula is C14H19NO4. The molecule has 1 fully saturated rings. The van der Waals surface area contributed by atoms with E-state index < -0.39 is 11.8 Å². The van der Waals surface area contributed by atoms with Gasteiger partial charge in [-0.15, -0.1) is 0 Å². The maximum absolute atomic E-state index is 12.1. The van der Waals surface area contributed by atoms with Crippen LogP contribution in [0.2, 0.25) is 0 Å². The Hall–Kier alpha value is -1.59. The summed E-state index contributed by atoms with van der Waals surface area (Å²) in [5, 5.41) is 9.27. The molecule has 2 rings (SSSR count). The quantitative estimate of drug-likeness (QED) is 0.904. The number of rotatable bonds is 3. The molecule has 0 aromatic heterocycles. The molecular weight excluding hydrogens is 246 g/mol. The van der Waals surface area contributed by atoms with Crippen LogP contribution in [0.3, 0.4) is 0 Å². The topological polar surface area (TPSA) is 59.0 Å². The number of amides is 1. The van der Waals surface area contributed by atoms with Gasteiger partial charge in [-0.1, -0.05) is 30.3 Å². The second kappa shape index (κ2) is 5.59. The van der Waals surface area contributed by atoms with Gasteiger partial charge in [-0.3, -0.25) is 4.90 Å². The maximum Gasteiger partial charge on any atom is 0.412 e. The van der Waals surface area contributed by atoms with E-state index in [1.54, 1.807) is 13.8 Å². The number of nitrogens with zero attached hydrogens (tertiary/aromatic N) is 1. The lowest BCUT2D eigenvalue weighted by atomic mass is 10.2. The van der Waals surface area contributed by atoms with Crippen molar-refractivity contribution in [1.29, 1.82) is 0 Å². The third kappa shape index (κ3) is 3.05. The number of carbonyl (C=O) groups is 1. The van der Waals surface area contributed by atoms with Gasteiger partial charge in [0.1, 0.15) is 12.3 Å². The Labute approximate surface area is 112 Å². The molecule has 0 unspecified atom stereocenters. The molecule has 1 atom stereocenters. The minimum absolute atomic E-state index is 0.135. The summed E-state index contributed by atoms with van der Waals surface area (Å²) in [5.74, 6) is 0. The molecule has 0 bridgehead atoms. The first-order valence-electron chi connectivity index (χ1n) is 6.29. The van der Waals surface area contributed by atoms with Crippen LogP contribution in [0.25, 0.3) is 0 Å². The van der Waals surface area contributed by atoms with Crippen LogP contribution in [-0.2, 0) is 16.1 Å². The van der Waals surface area contributed by atoms with Crippen molar-refractivity contribution in [2.24, 2.45) is 0 Å². The van der Waals surface area contributed by atoms with Crippen molar-refractivity contribution >= 4 is 6.09 Å². The van der Waals surface area contributed by atoms with Crippen LogP contribution in [0.5, 0.6) is 0 Å². The normalized spacial score (nSPS) is 21.4. The molecule has 1 N–H and O–H groups in total. The van der Waals surface area contributed by atoms with E-state index in [0.29, 0.717) is 6.61 Å². The molecule has 104 valence electrons. The van der Waals surface area contributed by atoms with Gasteiger partial charge in [0.15, 0.2) is 0 Å². The van der Waals surface area contributed by atoms with Crippen molar-refractivity contribution in [3.63, 3.8) is 0 Å². The van der Waals surface area contributed by atoms with Crippen LogP contribution in [-0.4, -0.2) is 41.1 Å². The fraction of sp³-hybridized carbons (Fsp3) is 0.500. The SMILES string of the molecule is CC1(C)OC[C@@H](CO)N1C(=O)OCc1ccccc1. The average molecular weight is 265 g/mol. The molecule has 5 heteroatoms. The van der Waals surface area contributed by atoms with E-state index in [1.165, 1.54) is 4.90 Å². The zero-order chi connectivity index (χ0) is 13.9. The highest BCUT2D eigenvalue weighted by Crippen LogP contribution is 2.28. The highest BCUT2D eigenvalue weighted by atomic mass is 16.6. The van der Waals surface area contributed by atoms with E-state index in [1.807, 2.05) is 30.3 Å². The zero-order valence-corrected chi connectivity index (χ0v) is 11.2. The Bertz CT molecular complexity index is 432. The second-order valence-corrected chi connectivity index (χ2v) is 5.00. The smallest absolute Gasteiger partial charge is 0.412 e. The molecule has 0 radical (unpaired) electrons. The largest absolute Gasteiger partial charge is 0.444 e. The fourth-order valence-electron chi connectivity index (χ4n) is 2.18. The van der Waals surface area contributed by atoms with Crippen molar-refractivity contribution in [2.75, 3.05) is 13.2 Å². The Morgan fingerprint density at radius 3 is 2.79 bits per heavy atom. The van der Waals surface area contributed by atoms with Gasteiger partial charge in [0.05, 0.1) is 19.3 Å². The number of hydrogen-bond donors (Lipinski definition) is 1. The van der Waals surface area contributed by atoms with Gasteiger partial charge in [0, 0.05) is 0 Å². The van der Waals surface area contributed by atoms with Gasteiger partial charge < -0.3 is 14.6 Å². The summed E-state index contributed by atoms with van der Waals surface area (Å²) >= 11 is 0. The van der Waals surface area contributed by atoms with E-state index in [0.717, 1.165) is 5.56 Å². The fourth-order valence-corrected chi connectivity index (χ4v) is 2.18. The molecule has 5 nitrogen and oxygen atoms in total. The van der Waals surface area contributed by atoms with Gasteiger partial charge in [-0.2, -0.15) is 0 Å². The number of benzene rings is 1. The summed E-state index contributed by atoms with van der Waals surface area (Å²) in [6.45, 7) is 3.97. The monoisotopic (exact) mass is 265 g/mol. The van der Waals surface area contributed by atoms with E-state index in [9.17, 15) is 9.90 Å². The molecule has 0 saturated carbocycles. The van der Waals surface area contributed by atoms with Crippen LogP contribution in [0.4, 0.5) is 4.79 Å². The number of ether oxygens (including phenoxy) is 2. The van der Waals surface area contributed by atoms with Gasteiger partial charge in [-0.25, -0.2) is 4.79 Å². The molecule has 1 aliphatic heterocycles. The molecule has 0 spiro atoms. The van der Waals surface area contributed by atoms with Crippen molar-refractivity contribution in [3.05, 3.63) is 35.9 Å². The van der Waals surface area contributed by atoms with E-state index in [4.69, 9.17) is 9.47 Å². The van der Waals surface area contributed by atoms with E-state index in [2.05, 4.69) is 0 Å². The number of aliphatic hydroxyl groups excluding tert-OH is 1. The minimum Gasteiger partial charge on any atom is -0.444 e. The Morgan fingerprint density at radius 2 is 2.16 bits per heavy atom. The molecule has 1 amide bonds. The molecule has 0 aliphatic carbocycles. The lowest BCUT2D eigenvalue weighted by Crippen LogP contribution is -2.49. The summed E-state index contributed by atoms with van der Waals surface area (Å²) in [5.41, 5.74) is 0.176. The van der Waals surface area contributed by atoms with Crippen LogP contribution in [0, 0.1) is 0 Å². The highest BCUT2D eigenvalue weighted by Gasteiger charge is 2.44. The standard InChI is InChI=1S/C14H19NO4/c1-14(2)15(12(8-16)10-19-14)13(17)18-9-11-6-4-3-5-7-11/h3-7,12,16H,8-10H2,1-2H3/t12-/m1/s1. The highest BCUT2D eigenvalue weighted by molar-refractivity contribution is 5.69. The van der Waals surface area contributed by atoms with Crippen molar-refractivity contribution in [1.82, 2.24) is 4.90 Å².